The molecule has 0 bridgehead atoms. The van der Waals surface area contributed by atoms with Gasteiger partial charge >= 0.3 is 0 Å². The standard InChI is InChI=1S/C17H25NO2.C11H12O2/c1-4-13-6-8-14(9-7-13)17(19)18-15-10-5-12(2)16(11-15)20-3;1-3-10-9(7-12)5-4-6-11(10)8(2)13/h5,10-11,13-14H,4,6-9H2,1-3H3,(H,18,19);4-7H,3H2,1-2H3. The van der Waals surface area contributed by atoms with E-state index in [0.717, 1.165) is 47.6 Å². The fourth-order valence-electron chi connectivity index (χ4n) is 4.41. The van der Waals surface area contributed by atoms with Crippen molar-refractivity contribution in [3.8, 4) is 5.75 Å². The topological polar surface area (TPSA) is 72.5 Å². The third-order valence-corrected chi connectivity index (χ3v) is 6.54. The summed E-state index contributed by atoms with van der Waals surface area (Å²) >= 11 is 0. The van der Waals surface area contributed by atoms with Crippen molar-refractivity contribution in [1.29, 1.82) is 0 Å². The summed E-state index contributed by atoms with van der Waals surface area (Å²) in [5, 5.41) is 3.03. The highest BCUT2D eigenvalue weighted by molar-refractivity contribution is 5.97. The van der Waals surface area contributed by atoms with Crippen LogP contribution in [-0.4, -0.2) is 25.1 Å². The molecule has 0 saturated heterocycles. The fraction of sp³-hybridized carbons (Fsp3) is 0.464. The van der Waals surface area contributed by atoms with Crippen molar-refractivity contribution < 1.29 is 19.1 Å². The number of rotatable bonds is 7. The summed E-state index contributed by atoms with van der Waals surface area (Å²) in [7, 11) is 1.65. The first-order chi connectivity index (χ1) is 15.8. The summed E-state index contributed by atoms with van der Waals surface area (Å²) in [6, 6.07) is 11.0. The Labute approximate surface area is 197 Å². The average molecular weight is 452 g/mol. The number of nitrogens with one attached hydrogen (secondary N) is 1. The Kier molecular flexibility index (Phi) is 10.3. The lowest BCUT2D eigenvalue weighted by atomic mass is 9.80. The zero-order valence-electron chi connectivity index (χ0n) is 20.6. The van der Waals surface area contributed by atoms with Crippen LogP contribution in [-0.2, 0) is 11.2 Å². The molecule has 0 atom stereocenters. The summed E-state index contributed by atoms with van der Waals surface area (Å²) < 4.78 is 5.29. The Hall–Kier alpha value is -2.95. The van der Waals surface area contributed by atoms with E-state index in [1.165, 1.54) is 26.2 Å². The molecule has 3 rings (SSSR count). The number of ketones is 1. The van der Waals surface area contributed by atoms with Crippen LogP contribution in [0.2, 0.25) is 0 Å². The average Bonchev–Trinajstić information content (AvgIpc) is 2.84. The first-order valence-corrected chi connectivity index (χ1v) is 11.9. The van der Waals surface area contributed by atoms with Crippen molar-refractivity contribution in [2.75, 3.05) is 12.4 Å². The Morgan fingerprint density at radius 1 is 1.09 bits per heavy atom. The molecular weight excluding hydrogens is 414 g/mol. The van der Waals surface area contributed by atoms with Crippen molar-refractivity contribution >= 4 is 23.7 Å². The van der Waals surface area contributed by atoms with Crippen LogP contribution < -0.4 is 10.1 Å². The Morgan fingerprint density at radius 2 is 1.79 bits per heavy atom. The first-order valence-electron chi connectivity index (χ1n) is 11.9. The molecule has 1 fully saturated rings. The van der Waals surface area contributed by atoms with Gasteiger partial charge in [-0.15, -0.1) is 0 Å². The second-order valence-corrected chi connectivity index (χ2v) is 8.70. The number of methoxy groups -OCH3 is 1. The maximum Gasteiger partial charge on any atom is 0.227 e. The summed E-state index contributed by atoms with van der Waals surface area (Å²) in [5.74, 6) is 1.98. The number of hydrogen-bond acceptors (Lipinski definition) is 4. The van der Waals surface area contributed by atoms with Gasteiger partial charge in [-0.25, -0.2) is 0 Å². The third-order valence-electron chi connectivity index (χ3n) is 6.54. The van der Waals surface area contributed by atoms with Gasteiger partial charge in [0.15, 0.2) is 5.78 Å². The van der Waals surface area contributed by atoms with Crippen LogP contribution in [0.3, 0.4) is 0 Å². The van der Waals surface area contributed by atoms with Crippen molar-refractivity contribution in [2.24, 2.45) is 11.8 Å². The van der Waals surface area contributed by atoms with Crippen molar-refractivity contribution in [3.63, 3.8) is 0 Å². The van der Waals surface area contributed by atoms with E-state index in [2.05, 4.69) is 12.2 Å². The van der Waals surface area contributed by atoms with Crippen LogP contribution in [0.5, 0.6) is 5.75 Å². The van der Waals surface area contributed by atoms with Gasteiger partial charge in [-0.3, -0.25) is 14.4 Å². The summed E-state index contributed by atoms with van der Waals surface area (Å²) in [6.45, 7) is 7.69. The van der Waals surface area contributed by atoms with Gasteiger partial charge in [0.2, 0.25) is 5.91 Å². The number of benzene rings is 2. The van der Waals surface area contributed by atoms with Crippen molar-refractivity contribution in [2.45, 2.75) is 66.2 Å². The quantitative estimate of drug-likeness (QED) is 0.389. The molecule has 1 aliphatic rings. The van der Waals surface area contributed by atoms with Gasteiger partial charge in [0.05, 0.1) is 7.11 Å². The lowest BCUT2D eigenvalue weighted by Gasteiger charge is -2.27. The normalized spacial score (nSPS) is 17.4. The summed E-state index contributed by atoms with van der Waals surface area (Å²) in [6.07, 6.45) is 7.16. The molecular formula is C28H37NO4. The van der Waals surface area contributed by atoms with Crippen LogP contribution >= 0.6 is 0 Å². The SMILES string of the molecule is CCC1CCC(C(=O)Nc2ccc(C)c(OC)c2)CC1.CCc1c(C=O)cccc1C(C)=O. The molecule has 0 unspecified atom stereocenters. The molecule has 1 aliphatic carbocycles. The van der Waals surface area contributed by atoms with E-state index in [4.69, 9.17) is 4.74 Å². The molecule has 1 saturated carbocycles. The molecule has 0 aliphatic heterocycles. The van der Waals surface area contributed by atoms with Crippen LogP contribution in [0, 0.1) is 18.8 Å². The van der Waals surface area contributed by atoms with E-state index >= 15 is 0 Å². The van der Waals surface area contributed by atoms with Gasteiger partial charge in [-0.05, 0) is 69.1 Å². The van der Waals surface area contributed by atoms with E-state index in [1.807, 2.05) is 32.0 Å². The lowest BCUT2D eigenvalue weighted by molar-refractivity contribution is -0.121. The van der Waals surface area contributed by atoms with Gasteiger partial charge < -0.3 is 10.1 Å². The minimum Gasteiger partial charge on any atom is -0.496 e. The minimum absolute atomic E-state index is 0.0144. The molecule has 5 nitrogen and oxygen atoms in total. The molecule has 0 aromatic heterocycles. The second-order valence-electron chi connectivity index (χ2n) is 8.70. The predicted octanol–water partition coefficient (Wildman–Crippen LogP) is 6.42. The van der Waals surface area contributed by atoms with Crippen LogP contribution in [0.15, 0.2) is 36.4 Å². The molecule has 1 N–H and O–H groups in total. The number of amides is 1. The lowest BCUT2D eigenvalue weighted by Crippen LogP contribution is -2.27. The number of anilines is 1. The fourth-order valence-corrected chi connectivity index (χ4v) is 4.41. The third kappa shape index (κ3) is 7.28. The number of aryl methyl sites for hydroxylation is 1. The highest BCUT2D eigenvalue weighted by atomic mass is 16.5. The number of aldehydes is 1. The van der Waals surface area contributed by atoms with Gasteiger partial charge in [0.1, 0.15) is 12.0 Å². The smallest absolute Gasteiger partial charge is 0.227 e. The van der Waals surface area contributed by atoms with Crippen LogP contribution in [0.25, 0.3) is 0 Å². The zero-order valence-corrected chi connectivity index (χ0v) is 20.6. The second kappa shape index (κ2) is 12.9. The van der Waals surface area contributed by atoms with E-state index in [9.17, 15) is 14.4 Å². The number of ether oxygens (including phenoxy) is 1. The van der Waals surface area contributed by atoms with E-state index < -0.39 is 0 Å². The number of Topliss-reactive ketones (excluding diaryl/α,β-unsaturated/α-hetero) is 1. The number of hydrogen-bond donors (Lipinski definition) is 1. The van der Waals surface area contributed by atoms with Crippen LogP contribution in [0.4, 0.5) is 5.69 Å². The van der Waals surface area contributed by atoms with Crippen molar-refractivity contribution in [1.82, 2.24) is 0 Å². The monoisotopic (exact) mass is 451 g/mol. The molecule has 178 valence electrons. The molecule has 1 amide bonds. The maximum absolute atomic E-state index is 12.3. The molecule has 2 aromatic rings. The number of carbonyl (C=O) groups excluding carboxylic acids is 3. The van der Waals surface area contributed by atoms with E-state index in [1.54, 1.807) is 25.3 Å². The predicted molar refractivity (Wildman–Crippen MR) is 133 cm³/mol. The van der Waals surface area contributed by atoms with Gasteiger partial charge in [0, 0.05) is 28.8 Å². The summed E-state index contributed by atoms with van der Waals surface area (Å²) in [4.78, 5) is 34.1. The zero-order chi connectivity index (χ0) is 24.4. The highest BCUT2D eigenvalue weighted by Gasteiger charge is 2.25. The first kappa shape index (κ1) is 26.3. The maximum atomic E-state index is 12.3. The van der Waals surface area contributed by atoms with Gasteiger partial charge in [0.25, 0.3) is 0 Å². The van der Waals surface area contributed by atoms with Crippen LogP contribution in [0.1, 0.15) is 84.7 Å². The largest absolute Gasteiger partial charge is 0.496 e. The van der Waals surface area contributed by atoms with Gasteiger partial charge in [-0.2, -0.15) is 0 Å². The van der Waals surface area contributed by atoms with E-state index in [-0.39, 0.29) is 17.6 Å². The minimum atomic E-state index is 0.0144. The molecule has 0 heterocycles. The molecule has 33 heavy (non-hydrogen) atoms. The Bertz CT molecular complexity index is 958. The highest BCUT2D eigenvalue weighted by Crippen LogP contribution is 2.31. The van der Waals surface area contributed by atoms with Gasteiger partial charge in [-0.1, -0.05) is 44.5 Å². The molecule has 0 spiro atoms. The number of carbonyl (C=O) groups is 3. The molecule has 5 heteroatoms. The Morgan fingerprint density at radius 3 is 2.33 bits per heavy atom. The Balaban J connectivity index is 0.000000257. The molecule has 2 aromatic carbocycles. The van der Waals surface area contributed by atoms with E-state index in [0.29, 0.717) is 17.5 Å². The van der Waals surface area contributed by atoms with Crippen molar-refractivity contribution in [3.05, 3.63) is 58.7 Å². The molecule has 0 radical (unpaired) electrons. The summed E-state index contributed by atoms with van der Waals surface area (Å²) in [5.41, 5.74) is 4.04.